The summed E-state index contributed by atoms with van der Waals surface area (Å²) in [6, 6.07) is -1.91. The Morgan fingerprint density at radius 3 is 1.57 bits per heavy atom. The summed E-state index contributed by atoms with van der Waals surface area (Å²) in [5.41, 5.74) is 13.4. The van der Waals surface area contributed by atoms with Crippen molar-refractivity contribution < 1.29 is 68.6 Å². The van der Waals surface area contributed by atoms with Gasteiger partial charge < -0.3 is 75.4 Å². The molecule has 0 aliphatic carbocycles. The fraction of sp³-hybridized carbons (Fsp3) is 0.917. The molecule has 0 aromatic rings. The van der Waals surface area contributed by atoms with E-state index in [4.69, 9.17) is 49.9 Å². The predicted molar refractivity (Wildman–Crippen MR) is 147 cm³/mol. The van der Waals surface area contributed by atoms with Crippen LogP contribution in [0.4, 0.5) is 0 Å². The molecule has 0 saturated carbocycles. The van der Waals surface area contributed by atoms with E-state index in [0.29, 0.717) is 13.2 Å². The van der Waals surface area contributed by atoms with E-state index < -0.39 is 86.3 Å². The molecular weight excluding hydrogens is 596 g/mol. The zero-order valence-electron chi connectivity index (χ0n) is 24.7. The highest BCUT2D eigenvalue weighted by molar-refractivity contribution is 5.73. The van der Waals surface area contributed by atoms with Crippen molar-refractivity contribution in [1.82, 2.24) is 10.6 Å². The molecule has 2 amide bonds. The van der Waals surface area contributed by atoms with Crippen LogP contribution in [0, 0.1) is 0 Å². The number of nitrogens with one attached hydrogen (secondary N) is 2. The molecule has 10 unspecified atom stereocenters. The highest BCUT2D eigenvalue weighted by Crippen LogP contribution is 2.23. The van der Waals surface area contributed by atoms with Crippen LogP contribution in [0.2, 0.25) is 0 Å². The minimum atomic E-state index is -1.35. The number of amides is 2. The van der Waals surface area contributed by atoms with Gasteiger partial charge in [-0.1, -0.05) is 5.11 Å². The zero-order chi connectivity index (χ0) is 33.1. The lowest BCUT2D eigenvalue weighted by Crippen LogP contribution is -2.64. The monoisotopic (exact) mass is 642 g/mol. The first-order chi connectivity index (χ1) is 21.0. The van der Waals surface area contributed by atoms with Gasteiger partial charge in [-0.15, -0.1) is 0 Å². The fourth-order valence-corrected chi connectivity index (χ4v) is 4.11. The number of hydrogen-bond donors (Lipinski definition) is 9. The zero-order valence-corrected chi connectivity index (χ0v) is 24.7. The highest BCUT2D eigenvalue weighted by atomic mass is 16.7. The molecule has 0 radical (unpaired) electrons. The van der Waals surface area contributed by atoms with E-state index in [2.05, 4.69) is 20.7 Å². The number of ether oxygens (including phenoxy) is 6. The molecule has 2 aliphatic heterocycles. The Kier molecular flexibility index (Phi) is 20.1. The number of nitrogens with zero attached hydrogens (tertiary/aromatic N) is 3. The van der Waals surface area contributed by atoms with Crippen molar-refractivity contribution in [2.24, 2.45) is 10.8 Å². The Bertz CT molecular complexity index is 871. The topological polar surface area (TPSA) is 310 Å². The first-order valence-electron chi connectivity index (χ1n) is 13.9. The fourth-order valence-electron chi connectivity index (χ4n) is 4.11. The number of aliphatic hydroxyl groups is 6. The molecule has 2 aliphatic rings. The second-order valence-corrected chi connectivity index (χ2v) is 9.58. The van der Waals surface area contributed by atoms with Gasteiger partial charge in [0, 0.05) is 31.8 Å². The van der Waals surface area contributed by atoms with Crippen molar-refractivity contribution in [2.75, 3.05) is 65.9 Å². The second-order valence-electron chi connectivity index (χ2n) is 9.58. The van der Waals surface area contributed by atoms with Crippen molar-refractivity contribution in [3.8, 4) is 0 Å². The number of carbonyl (C=O) groups excluding carboxylic acids is 2. The predicted octanol–water partition coefficient (Wildman–Crippen LogP) is -4.80. The summed E-state index contributed by atoms with van der Waals surface area (Å²) in [7, 11) is 0. The van der Waals surface area contributed by atoms with Gasteiger partial charge in [-0.3, -0.25) is 9.59 Å². The van der Waals surface area contributed by atoms with Crippen LogP contribution in [0.15, 0.2) is 5.11 Å². The maximum absolute atomic E-state index is 11.2. The third-order valence-electron chi connectivity index (χ3n) is 6.18. The molecule has 10 N–H and O–H groups in total. The van der Waals surface area contributed by atoms with E-state index in [9.17, 15) is 30.0 Å². The number of rotatable bonds is 17. The van der Waals surface area contributed by atoms with Gasteiger partial charge in [0.25, 0.3) is 0 Å². The average molecular weight is 643 g/mol. The summed E-state index contributed by atoms with van der Waals surface area (Å²) in [6.45, 7) is 3.45. The van der Waals surface area contributed by atoms with Gasteiger partial charge in [-0.2, -0.15) is 0 Å². The molecular formula is C24H46N6O14. The normalized spacial score (nSPS) is 31.7. The molecule has 20 heteroatoms. The number of aliphatic hydroxyl groups excluding tert-OH is 6. The molecule has 2 saturated heterocycles. The summed E-state index contributed by atoms with van der Waals surface area (Å²) < 4.78 is 31.8. The number of carbonyl (C=O) groups is 2. The molecule has 2 heterocycles. The van der Waals surface area contributed by atoms with Crippen LogP contribution in [0.1, 0.15) is 13.8 Å². The van der Waals surface area contributed by atoms with Crippen molar-refractivity contribution in [2.45, 2.75) is 75.1 Å². The maximum Gasteiger partial charge on any atom is 0.217 e. The Labute approximate surface area is 253 Å². The summed E-state index contributed by atoms with van der Waals surface area (Å²) >= 11 is 0. The first kappa shape index (κ1) is 39.8. The standard InChI is InChI=1S/C12H22N4O7.C12H24N2O7/c1-7(18)15-9-11(20)10(19)8(6-17)23-12(9)22-5-4-21-3-2-14-16-13;1-7(16)14-9-11(18)10(17)8(6-15)21-12(9)20-5-4-19-3-2-13/h8-12,17,19-20H,2-6H2,1H3,(H,15,18);8-12,15,17-18H,2-6,13H2,1H3,(H,14,16). The minimum Gasteiger partial charge on any atom is -0.394 e. The molecule has 0 aromatic carbocycles. The molecule has 20 nitrogen and oxygen atoms in total. The Morgan fingerprint density at radius 1 is 0.773 bits per heavy atom. The second kappa shape index (κ2) is 22.3. The smallest absolute Gasteiger partial charge is 0.217 e. The SMILES string of the molecule is CC(=O)NC1C(OCCOCCN)OC(CO)C(O)C1O.CC(=O)NC1C(OCCOCCN=[N+]=[N-])OC(CO)C(O)C1O. The molecule has 0 bridgehead atoms. The van der Waals surface area contributed by atoms with Crippen molar-refractivity contribution in [1.29, 1.82) is 0 Å². The number of azide groups is 1. The minimum absolute atomic E-state index is 0.0813. The van der Waals surface area contributed by atoms with Gasteiger partial charge in [-0.25, -0.2) is 0 Å². The first-order valence-corrected chi connectivity index (χ1v) is 13.9. The summed E-state index contributed by atoms with van der Waals surface area (Å²) in [6.07, 6.45) is -9.38. The third kappa shape index (κ3) is 13.8. The third-order valence-corrected chi connectivity index (χ3v) is 6.18. The van der Waals surface area contributed by atoms with Crippen LogP contribution >= 0.6 is 0 Å². The van der Waals surface area contributed by atoms with Crippen LogP contribution in [-0.4, -0.2) is 170 Å². The van der Waals surface area contributed by atoms with E-state index in [1.807, 2.05) is 0 Å². The summed E-state index contributed by atoms with van der Waals surface area (Å²) in [5, 5.41) is 66.2. The molecule has 0 aromatic heterocycles. The summed E-state index contributed by atoms with van der Waals surface area (Å²) in [4.78, 5) is 25.0. The molecule has 2 fully saturated rings. The van der Waals surface area contributed by atoms with E-state index in [-0.39, 0.29) is 39.6 Å². The Balaban J connectivity index is 0.000000442. The maximum atomic E-state index is 11.2. The highest BCUT2D eigenvalue weighted by Gasteiger charge is 2.46. The van der Waals surface area contributed by atoms with Crippen molar-refractivity contribution in [3.05, 3.63) is 10.4 Å². The van der Waals surface area contributed by atoms with E-state index in [1.54, 1.807) is 0 Å². The summed E-state index contributed by atoms with van der Waals surface area (Å²) in [5.74, 6) is -0.822. The van der Waals surface area contributed by atoms with E-state index in [1.165, 1.54) is 13.8 Å². The van der Waals surface area contributed by atoms with Gasteiger partial charge in [0.1, 0.15) is 48.7 Å². The van der Waals surface area contributed by atoms with E-state index >= 15 is 0 Å². The molecule has 256 valence electrons. The molecule has 44 heavy (non-hydrogen) atoms. The molecule has 0 spiro atoms. The van der Waals surface area contributed by atoms with Gasteiger partial charge >= 0.3 is 0 Å². The number of hydrogen-bond acceptors (Lipinski definition) is 16. The van der Waals surface area contributed by atoms with E-state index in [0.717, 1.165) is 0 Å². The van der Waals surface area contributed by atoms with Crippen molar-refractivity contribution >= 4 is 11.8 Å². The lowest BCUT2D eigenvalue weighted by Gasteiger charge is -2.42. The van der Waals surface area contributed by atoms with Gasteiger partial charge in [-0.05, 0) is 5.53 Å². The van der Waals surface area contributed by atoms with Gasteiger partial charge in [0.2, 0.25) is 11.8 Å². The van der Waals surface area contributed by atoms with Gasteiger partial charge in [0.05, 0.1) is 52.9 Å². The lowest BCUT2D eigenvalue weighted by atomic mass is 9.97. The van der Waals surface area contributed by atoms with Crippen LogP contribution in [0.25, 0.3) is 10.4 Å². The molecule has 10 atom stereocenters. The van der Waals surface area contributed by atoms with Crippen LogP contribution < -0.4 is 16.4 Å². The van der Waals surface area contributed by atoms with Crippen LogP contribution in [0.5, 0.6) is 0 Å². The largest absolute Gasteiger partial charge is 0.394 e. The Morgan fingerprint density at radius 2 is 1.20 bits per heavy atom. The average Bonchev–Trinajstić information content (AvgIpc) is 2.99. The quantitative estimate of drug-likeness (QED) is 0.0311. The molecule has 2 rings (SSSR count). The van der Waals surface area contributed by atoms with Gasteiger partial charge in [0.15, 0.2) is 12.6 Å². The Hall–Kier alpha value is -2.27. The lowest BCUT2D eigenvalue weighted by molar-refractivity contribution is -0.272. The van der Waals surface area contributed by atoms with Crippen LogP contribution in [0.3, 0.4) is 0 Å². The van der Waals surface area contributed by atoms with Crippen LogP contribution in [-0.2, 0) is 38.0 Å². The number of nitrogens with two attached hydrogens (primary N) is 1. The van der Waals surface area contributed by atoms with Crippen molar-refractivity contribution in [3.63, 3.8) is 0 Å².